The zero-order valence-electron chi connectivity index (χ0n) is 41.3. The molecule has 0 aliphatic heterocycles. The zero-order chi connectivity index (χ0) is 48.0. The Bertz CT molecular complexity index is 3690. The van der Waals surface area contributed by atoms with Gasteiger partial charge >= 0.3 is 0 Å². The molecule has 0 bridgehead atoms. The van der Waals surface area contributed by atoms with E-state index in [9.17, 15) is 0 Å². The van der Waals surface area contributed by atoms with Crippen molar-refractivity contribution >= 4 is 17.1 Å². The maximum Gasteiger partial charge on any atom is 0.0713 e. The van der Waals surface area contributed by atoms with E-state index in [2.05, 4.69) is 271 Å². The molecule has 4 aliphatic rings. The number of rotatable bonds is 6. The van der Waals surface area contributed by atoms with Gasteiger partial charge in [-0.1, -0.05) is 230 Å². The quantitative estimate of drug-likeness (QED) is 0.161. The lowest BCUT2D eigenvalue weighted by Crippen LogP contribution is -2.29. The largest absolute Gasteiger partial charge is 0.310 e. The molecule has 0 radical (unpaired) electrons. The van der Waals surface area contributed by atoms with Crippen LogP contribution < -0.4 is 4.90 Å². The van der Waals surface area contributed by atoms with Crippen molar-refractivity contribution in [3.8, 4) is 55.6 Å². The van der Waals surface area contributed by atoms with Crippen molar-refractivity contribution in [3.63, 3.8) is 0 Å². The fourth-order valence-corrected chi connectivity index (χ4v) is 13.9. The first-order valence-electron chi connectivity index (χ1n) is 25.4. The molecule has 340 valence electrons. The van der Waals surface area contributed by atoms with Crippen molar-refractivity contribution in [2.24, 2.45) is 0 Å². The Morgan fingerprint density at radius 3 is 1.18 bits per heavy atom. The minimum Gasteiger partial charge on any atom is -0.310 e. The molecule has 0 N–H and O–H groups in total. The lowest BCUT2D eigenvalue weighted by molar-refractivity contribution is 0.656. The number of hydrogen-bond acceptors (Lipinski definition) is 1. The number of hydrogen-bond donors (Lipinski definition) is 0. The average Bonchev–Trinajstić information content (AvgIpc) is 4.01. The van der Waals surface area contributed by atoms with Crippen LogP contribution in [0.4, 0.5) is 17.1 Å². The molecule has 10 aromatic rings. The number of fused-ring (bicyclic) bond motifs is 12. The molecular formula is C70H55N. The second kappa shape index (κ2) is 14.8. The third kappa shape index (κ3) is 5.58. The predicted molar refractivity (Wildman–Crippen MR) is 297 cm³/mol. The van der Waals surface area contributed by atoms with E-state index in [1.807, 2.05) is 0 Å². The monoisotopic (exact) mass is 909 g/mol. The molecular weight excluding hydrogens is 855 g/mol. The van der Waals surface area contributed by atoms with Crippen molar-refractivity contribution in [2.75, 3.05) is 4.90 Å². The normalized spacial score (nSPS) is 15.9. The summed E-state index contributed by atoms with van der Waals surface area (Å²) < 4.78 is 0. The molecule has 1 heteroatoms. The van der Waals surface area contributed by atoms with Crippen molar-refractivity contribution in [2.45, 2.75) is 63.2 Å². The lowest BCUT2D eigenvalue weighted by Gasteiger charge is -2.35. The molecule has 0 saturated heterocycles. The molecule has 0 saturated carbocycles. The summed E-state index contributed by atoms with van der Waals surface area (Å²) in [5.41, 5.74) is 28.8. The SMILES string of the molecule is CC1(C)c2ccccc2-c2ccc(N(c3ccc4c(c3)-c3c(cc5c(c3-c3ccccc3)-c3ccccc3C5(C)C)C4(c3ccccc3)c3ccccc3)c3ccc4c(c3)C(C)(C)c3ccccc3-4)cc21. The van der Waals surface area contributed by atoms with E-state index >= 15 is 0 Å². The molecule has 0 unspecified atom stereocenters. The molecule has 71 heavy (non-hydrogen) atoms. The van der Waals surface area contributed by atoms with Gasteiger partial charge in [0.15, 0.2) is 0 Å². The van der Waals surface area contributed by atoms with Gasteiger partial charge in [-0.25, -0.2) is 0 Å². The minimum atomic E-state index is -0.604. The standard InChI is InChI=1S/C70H55N/c1-67(2)56-31-19-16-28-50(56)52-37-34-48(41-60(52)67)71(49-35-38-53-51-29-17-20-32-57(51)68(3,4)61(53)42-49)47-36-39-59-55(40-47)66-63(70(59,45-24-12-8-13-25-45)46-26-14-9-15-27-46)43-62-65(64(66)44-22-10-7-11-23-44)54-30-18-21-33-58(54)69(62,5)6/h7-43H,1-6H3. The van der Waals surface area contributed by atoms with Crippen molar-refractivity contribution in [1.29, 1.82) is 0 Å². The van der Waals surface area contributed by atoms with Crippen LogP contribution in [-0.4, -0.2) is 0 Å². The van der Waals surface area contributed by atoms with Gasteiger partial charge < -0.3 is 4.90 Å². The molecule has 0 fully saturated rings. The van der Waals surface area contributed by atoms with E-state index in [0.717, 1.165) is 17.1 Å². The van der Waals surface area contributed by atoms with Crippen LogP contribution in [0, 0.1) is 0 Å². The maximum atomic E-state index is 2.62. The van der Waals surface area contributed by atoms with E-state index in [4.69, 9.17) is 0 Å². The van der Waals surface area contributed by atoms with Crippen LogP contribution in [0.15, 0.2) is 224 Å². The summed E-state index contributed by atoms with van der Waals surface area (Å²) in [7, 11) is 0. The third-order valence-corrected chi connectivity index (χ3v) is 17.3. The summed E-state index contributed by atoms with van der Waals surface area (Å²) >= 11 is 0. The molecule has 0 atom stereocenters. The predicted octanol–water partition coefficient (Wildman–Crippen LogP) is 18.1. The van der Waals surface area contributed by atoms with Gasteiger partial charge in [0.25, 0.3) is 0 Å². The van der Waals surface area contributed by atoms with Gasteiger partial charge in [0.2, 0.25) is 0 Å². The Morgan fingerprint density at radius 2 is 0.648 bits per heavy atom. The molecule has 0 amide bonds. The van der Waals surface area contributed by atoms with Crippen LogP contribution in [0.2, 0.25) is 0 Å². The molecule has 0 spiro atoms. The van der Waals surface area contributed by atoms with E-state index in [-0.39, 0.29) is 16.2 Å². The first kappa shape index (κ1) is 41.9. The van der Waals surface area contributed by atoms with E-state index in [1.165, 1.54) is 111 Å². The second-order valence-corrected chi connectivity index (χ2v) is 22.0. The summed E-state index contributed by atoms with van der Waals surface area (Å²) in [6.07, 6.45) is 0. The molecule has 0 aromatic heterocycles. The summed E-state index contributed by atoms with van der Waals surface area (Å²) in [6.45, 7) is 14.4. The second-order valence-electron chi connectivity index (χ2n) is 22.0. The fraction of sp³-hybridized carbons (Fsp3) is 0.143. The molecule has 0 heterocycles. The Labute approximate surface area is 418 Å². The van der Waals surface area contributed by atoms with Gasteiger partial charge in [0.05, 0.1) is 5.41 Å². The van der Waals surface area contributed by atoms with Crippen LogP contribution in [-0.2, 0) is 21.7 Å². The third-order valence-electron chi connectivity index (χ3n) is 17.3. The number of anilines is 3. The van der Waals surface area contributed by atoms with Gasteiger partial charge in [0, 0.05) is 33.3 Å². The Hall–Kier alpha value is -8.00. The van der Waals surface area contributed by atoms with Crippen LogP contribution in [0.25, 0.3) is 55.6 Å². The Kier molecular flexibility index (Phi) is 8.72. The van der Waals surface area contributed by atoms with Gasteiger partial charge in [-0.2, -0.15) is 0 Å². The smallest absolute Gasteiger partial charge is 0.0713 e. The highest BCUT2D eigenvalue weighted by Crippen LogP contribution is 2.65. The zero-order valence-corrected chi connectivity index (χ0v) is 41.3. The van der Waals surface area contributed by atoms with Gasteiger partial charge in [-0.05, 0) is 148 Å². The van der Waals surface area contributed by atoms with E-state index in [0.29, 0.717) is 0 Å². The first-order chi connectivity index (χ1) is 34.5. The average molecular weight is 910 g/mol. The topological polar surface area (TPSA) is 3.24 Å². The summed E-state index contributed by atoms with van der Waals surface area (Å²) in [5.74, 6) is 0. The number of nitrogens with zero attached hydrogens (tertiary/aromatic N) is 1. The summed E-state index contributed by atoms with van der Waals surface area (Å²) in [6, 6.07) is 85.5. The summed E-state index contributed by atoms with van der Waals surface area (Å²) in [4.78, 5) is 2.55. The number of benzene rings is 10. The van der Waals surface area contributed by atoms with Gasteiger partial charge in [-0.15, -0.1) is 0 Å². The Balaban J connectivity index is 1.09. The molecule has 4 aliphatic carbocycles. The van der Waals surface area contributed by atoms with Crippen molar-refractivity contribution < 1.29 is 0 Å². The Morgan fingerprint density at radius 1 is 0.254 bits per heavy atom. The molecule has 10 aromatic carbocycles. The van der Waals surface area contributed by atoms with E-state index < -0.39 is 5.41 Å². The highest BCUT2D eigenvalue weighted by atomic mass is 15.1. The van der Waals surface area contributed by atoms with Crippen molar-refractivity contribution in [1.82, 2.24) is 0 Å². The molecule has 1 nitrogen and oxygen atoms in total. The van der Waals surface area contributed by atoms with Crippen LogP contribution in [0.3, 0.4) is 0 Å². The maximum absolute atomic E-state index is 2.62. The van der Waals surface area contributed by atoms with Crippen LogP contribution in [0.5, 0.6) is 0 Å². The fourth-order valence-electron chi connectivity index (χ4n) is 13.9. The van der Waals surface area contributed by atoms with Crippen LogP contribution >= 0.6 is 0 Å². The lowest BCUT2D eigenvalue weighted by atomic mass is 9.66. The van der Waals surface area contributed by atoms with Crippen LogP contribution in [0.1, 0.15) is 97.2 Å². The first-order valence-corrected chi connectivity index (χ1v) is 25.4. The summed E-state index contributed by atoms with van der Waals surface area (Å²) in [5, 5.41) is 0. The molecule has 14 rings (SSSR count). The highest BCUT2D eigenvalue weighted by Gasteiger charge is 2.50. The van der Waals surface area contributed by atoms with Gasteiger partial charge in [0.1, 0.15) is 0 Å². The van der Waals surface area contributed by atoms with Gasteiger partial charge in [-0.3, -0.25) is 0 Å². The van der Waals surface area contributed by atoms with E-state index in [1.54, 1.807) is 0 Å². The van der Waals surface area contributed by atoms with Crippen molar-refractivity contribution in [3.05, 3.63) is 280 Å². The minimum absolute atomic E-state index is 0.161. The highest BCUT2D eigenvalue weighted by molar-refractivity contribution is 6.06.